The zero-order chi connectivity index (χ0) is 26.0. The average Bonchev–Trinajstić information content (AvgIpc) is 2.81. The zero-order valence-corrected chi connectivity index (χ0v) is 21.3. The number of carbonyl (C=O) groups excluding carboxylic acids is 3. The molecule has 2 aliphatic rings. The number of methoxy groups -OCH3 is 1. The van der Waals surface area contributed by atoms with Crippen LogP contribution in [0.25, 0.3) is 0 Å². The Morgan fingerprint density at radius 3 is 2.44 bits per heavy atom. The lowest BCUT2D eigenvalue weighted by molar-refractivity contribution is -0.140. The quantitative estimate of drug-likeness (QED) is 0.453. The van der Waals surface area contributed by atoms with E-state index in [4.69, 9.17) is 14.2 Å². The Hall–Kier alpha value is -3.87. The van der Waals surface area contributed by atoms with Crippen LogP contribution >= 0.6 is 0 Å². The third-order valence-electron chi connectivity index (χ3n) is 6.45. The second-order valence-electron chi connectivity index (χ2n) is 10.00. The van der Waals surface area contributed by atoms with Gasteiger partial charge < -0.3 is 19.5 Å². The van der Waals surface area contributed by atoms with Gasteiger partial charge in [0.15, 0.2) is 17.3 Å². The van der Waals surface area contributed by atoms with Crippen molar-refractivity contribution in [2.45, 2.75) is 53.1 Å². The smallest absolute Gasteiger partial charge is 0.337 e. The van der Waals surface area contributed by atoms with Gasteiger partial charge in [-0.25, -0.2) is 4.79 Å². The first kappa shape index (κ1) is 25.2. The summed E-state index contributed by atoms with van der Waals surface area (Å²) in [7, 11) is 1.48. The summed E-state index contributed by atoms with van der Waals surface area (Å²) in [6, 6.07) is 14.5. The maximum atomic E-state index is 13.5. The maximum Gasteiger partial charge on any atom is 0.337 e. The molecule has 0 bridgehead atoms. The molecule has 7 heteroatoms. The summed E-state index contributed by atoms with van der Waals surface area (Å²) in [5, 5.41) is 3.34. The molecule has 1 atom stereocenters. The van der Waals surface area contributed by atoms with E-state index >= 15 is 0 Å². The summed E-state index contributed by atoms with van der Waals surface area (Å²) >= 11 is 0. The second-order valence-corrected chi connectivity index (χ2v) is 10.00. The van der Waals surface area contributed by atoms with E-state index in [0.717, 1.165) is 11.3 Å². The van der Waals surface area contributed by atoms with Gasteiger partial charge in [-0.05, 0) is 42.0 Å². The van der Waals surface area contributed by atoms with Crippen molar-refractivity contribution in [3.8, 4) is 11.5 Å². The number of benzene rings is 2. The van der Waals surface area contributed by atoms with E-state index in [1.54, 1.807) is 18.2 Å². The Morgan fingerprint density at radius 1 is 1.06 bits per heavy atom. The van der Waals surface area contributed by atoms with E-state index in [1.165, 1.54) is 14.0 Å². The van der Waals surface area contributed by atoms with Crippen LogP contribution in [0.4, 0.5) is 0 Å². The van der Waals surface area contributed by atoms with E-state index in [2.05, 4.69) is 19.2 Å². The highest BCUT2D eigenvalue weighted by atomic mass is 16.6. The number of allylic oxidation sites excluding steroid dienone is 3. The predicted octanol–water partition coefficient (Wildman–Crippen LogP) is 4.97. The van der Waals surface area contributed by atoms with E-state index in [0.29, 0.717) is 41.0 Å². The number of ether oxygens (including phenoxy) is 3. The van der Waals surface area contributed by atoms with Crippen molar-refractivity contribution in [1.29, 1.82) is 0 Å². The van der Waals surface area contributed by atoms with Gasteiger partial charge in [0.25, 0.3) is 0 Å². The number of Topliss-reactive ketones (excluding diaryl/α,β-unsaturated/α-hetero) is 1. The molecule has 188 valence electrons. The molecule has 2 aromatic rings. The number of nitrogens with one attached hydrogen (secondary N) is 1. The summed E-state index contributed by atoms with van der Waals surface area (Å²) < 4.78 is 16.4. The lowest BCUT2D eigenvalue weighted by Crippen LogP contribution is -2.38. The van der Waals surface area contributed by atoms with E-state index < -0.39 is 17.9 Å². The van der Waals surface area contributed by atoms with Crippen molar-refractivity contribution in [2.24, 2.45) is 5.41 Å². The van der Waals surface area contributed by atoms with Crippen molar-refractivity contribution in [2.75, 3.05) is 7.11 Å². The monoisotopic (exact) mass is 489 g/mol. The van der Waals surface area contributed by atoms with Gasteiger partial charge in [0, 0.05) is 36.2 Å². The summed E-state index contributed by atoms with van der Waals surface area (Å²) in [5.41, 5.74) is 3.75. The van der Waals surface area contributed by atoms with Crippen molar-refractivity contribution < 1.29 is 28.6 Å². The highest BCUT2D eigenvalue weighted by Gasteiger charge is 2.43. The van der Waals surface area contributed by atoms with Crippen molar-refractivity contribution in [1.82, 2.24) is 5.32 Å². The second kappa shape index (κ2) is 10.0. The minimum atomic E-state index is -0.645. The molecule has 1 N–H and O–H groups in total. The van der Waals surface area contributed by atoms with Crippen LogP contribution in [0.5, 0.6) is 11.5 Å². The number of dihydropyridines is 1. The van der Waals surface area contributed by atoms with Gasteiger partial charge in [0.2, 0.25) is 0 Å². The van der Waals surface area contributed by atoms with Crippen LogP contribution in [-0.2, 0) is 25.7 Å². The Bertz CT molecular complexity index is 1270. The summed E-state index contributed by atoms with van der Waals surface area (Å²) in [6.45, 7) is 7.37. The molecule has 0 fully saturated rings. The summed E-state index contributed by atoms with van der Waals surface area (Å²) in [6.07, 6.45) is 1.05. The third-order valence-corrected chi connectivity index (χ3v) is 6.45. The van der Waals surface area contributed by atoms with Gasteiger partial charge in [0.05, 0.1) is 12.7 Å². The van der Waals surface area contributed by atoms with Crippen LogP contribution in [0, 0.1) is 5.41 Å². The number of hydrogen-bond donors (Lipinski definition) is 1. The SMILES string of the molecule is COc1cc([C@H]2C(C(=O)OCc3ccccc3)=C(C)NC3=C2C(=O)CC(C)(C)C3)ccc1OC(C)=O. The molecule has 2 aromatic carbocycles. The van der Waals surface area contributed by atoms with Crippen molar-refractivity contribution in [3.63, 3.8) is 0 Å². The highest BCUT2D eigenvalue weighted by Crippen LogP contribution is 2.48. The van der Waals surface area contributed by atoms with E-state index in [9.17, 15) is 14.4 Å². The Morgan fingerprint density at radius 2 is 1.78 bits per heavy atom. The first-order chi connectivity index (χ1) is 17.1. The molecule has 0 amide bonds. The molecule has 0 spiro atoms. The molecule has 0 radical (unpaired) electrons. The van der Waals surface area contributed by atoms with Crippen LogP contribution < -0.4 is 14.8 Å². The minimum Gasteiger partial charge on any atom is -0.493 e. The van der Waals surface area contributed by atoms with Crippen molar-refractivity contribution in [3.05, 3.63) is 82.2 Å². The van der Waals surface area contributed by atoms with Crippen LogP contribution in [0.3, 0.4) is 0 Å². The molecule has 0 aromatic heterocycles. The lowest BCUT2D eigenvalue weighted by Gasteiger charge is -2.39. The van der Waals surface area contributed by atoms with Crippen LogP contribution in [0.2, 0.25) is 0 Å². The number of hydrogen-bond acceptors (Lipinski definition) is 7. The average molecular weight is 490 g/mol. The molecule has 7 nitrogen and oxygen atoms in total. The molecule has 0 unspecified atom stereocenters. The normalized spacial score (nSPS) is 18.8. The third kappa shape index (κ3) is 5.20. The Labute approximate surface area is 211 Å². The largest absolute Gasteiger partial charge is 0.493 e. The molecule has 36 heavy (non-hydrogen) atoms. The highest BCUT2D eigenvalue weighted by molar-refractivity contribution is 6.04. The minimum absolute atomic E-state index is 0.0114. The standard InChI is InChI=1S/C29H31NO6/c1-17-25(28(33)35-16-19-9-7-6-8-10-19)26(27-21(30-17)14-29(3,4)15-22(27)32)20-11-12-23(36-18(2)31)24(13-20)34-5/h6-13,26,30H,14-16H2,1-5H3/t26-/m0/s1. The first-order valence-corrected chi connectivity index (χ1v) is 11.9. The predicted molar refractivity (Wildman–Crippen MR) is 134 cm³/mol. The zero-order valence-electron chi connectivity index (χ0n) is 21.3. The maximum absolute atomic E-state index is 13.5. The number of esters is 2. The molecular formula is C29H31NO6. The molecular weight excluding hydrogens is 458 g/mol. The fourth-order valence-electron chi connectivity index (χ4n) is 4.94. The molecule has 0 saturated carbocycles. The Kier molecular flexibility index (Phi) is 7.02. The van der Waals surface area contributed by atoms with Gasteiger partial charge in [-0.2, -0.15) is 0 Å². The topological polar surface area (TPSA) is 90.9 Å². The summed E-state index contributed by atoms with van der Waals surface area (Å²) in [5.74, 6) is -1.03. The van der Waals surface area contributed by atoms with Crippen LogP contribution in [0.15, 0.2) is 71.1 Å². The Balaban J connectivity index is 1.78. The molecule has 1 aliphatic carbocycles. The number of rotatable bonds is 6. The summed E-state index contributed by atoms with van der Waals surface area (Å²) in [4.78, 5) is 38.5. The van der Waals surface area contributed by atoms with Crippen molar-refractivity contribution >= 4 is 17.7 Å². The molecule has 4 rings (SSSR count). The van der Waals surface area contributed by atoms with Gasteiger partial charge >= 0.3 is 11.9 Å². The van der Waals surface area contributed by atoms with Gasteiger partial charge in [0.1, 0.15) is 6.61 Å². The molecule has 0 saturated heterocycles. The first-order valence-electron chi connectivity index (χ1n) is 11.9. The number of carbonyl (C=O) groups is 3. The van der Waals surface area contributed by atoms with Gasteiger partial charge in [-0.15, -0.1) is 0 Å². The van der Waals surface area contributed by atoms with Crippen LogP contribution in [-0.4, -0.2) is 24.8 Å². The lowest BCUT2D eigenvalue weighted by atomic mass is 9.68. The van der Waals surface area contributed by atoms with Gasteiger partial charge in [-0.3, -0.25) is 9.59 Å². The van der Waals surface area contributed by atoms with Gasteiger partial charge in [-0.1, -0.05) is 50.2 Å². The van der Waals surface area contributed by atoms with Crippen LogP contribution in [0.1, 0.15) is 57.6 Å². The fourth-order valence-corrected chi connectivity index (χ4v) is 4.94. The van der Waals surface area contributed by atoms with E-state index in [-0.39, 0.29) is 23.6 Å². The fraction of sp³-hybridized carbons (Fsp3) is 0.345. The van der Waals surface area contributed by atoms with E-state index in [1.807, 2.05) is 37.3 Å². The number of ketones is 1. The molecule has 1 aliphatic heterocycles. The molecule has 1 heterocycles.